The molecule has 3 aliphatic heterocycles. The molecule has 54 heavy (non-hydrogen) atoms. The summed E-state index contributed by atoms with van der Waals surface area (Å²) < 4.78 is 29.1. The summed E-state index contributed by atoms with van der Waals surface area (Å²) in [7, 11) is 0. The zero-order valence-electron chi connectivity index (χ0n) is 32.1. The molecule has 3 heterocycles. The molecule has 0 radical (unpaired) electrons. The Morgan fingerprint density at radius 2 is 1.52 bits per heavy atom. The van der Waals surface area contributed by atoms with Crippen LogP contribution >= 0.6 is 0 Å². The number of carbonyl (C=O) groups excluding carboxylic acids is 1. The van der Waals surface area contributed by atoms with Crippen LogP contribution in [0.4, 0.5) is 0 Å². The zero-order chi connectivity index (χ0) is 39.0. The molecule has 14 heteroatoms. The molecular weight excluding hydrogens is 704 g/mol. The van der Waals surface area contributed by atoms with Crippen LogP contribution < -0.4 is 0 Å². The van der Waals surface area contributed by atoms with Crippen molar-refractivity contribution in [3.8, 4) is 0 Å². The minimum absolute atomic E-state index is 0.103. The molecule has 0 aromatic rings. The largest absolute Gasteiger partial charge is 0.458 e. The number of hydrogen-bond donors (Lipinski definition) is 8. The van der Waals surface area contributed by atoms with Gasteiger partial charge in [0.15, 0.2) is 12.6 Å². The number of hydrogen-bond acceptors (Lipinski definition) is 14. The number of aliphatic hydroxyl groups is 8. The van der Waals surface area contributed by atoms with Crippen LogP contribution in [0.15, 0.2) is 22.8 Å². The van der Waals surface area contributed by atoms with E-state index in [1.165, 1.54) is 0 Å². The standard InChI is InChI=1S/C40H62O14/c1-17-12-26(52-36(49)18(17)2)19(3)23-8-9-24-22-7-6-20-13-21(14-29(42)40(20,5)25(22)10-11-39(23,24)4)51-38-35(48)33(46)31(44)28(54-38)16-50-37-34(47)32(45)30(43)27(15-41)53-37/h6,19,21-35,37-38,41-48H,7-16H2,1-5H3/t19-,21+,22-,23+,24-,25-,26+,27+,28+,29-,30+,31+,32-,33-,34+,35+,37+,38+,39+,40-/m0/s1. The molecule has 0 unspecified atom stereocenters. The lowest BCUT2D eigenvalue weighted by atomic mass is 9.46. The molecule has 2 saturated heterocycles. The van der Waals surface area contributed by atoms with Crippen molar-refractivity contribution in [1.29, 1.82) is 0 Å². The quantitative estimate of drug-likeness (QED) is 0.127. The first-order valence-electron chi connectivity index (χ1n) is 20.0. The van der Waals surface area contributed by atoms with E-state index < -0.39 is 92.2 Å². The van der Waals surface area contributed by atoms with Gasteiger partial charge in [0.2, 0.25) is 0 Å². The molecular formula is C40H62O14. The van der Waals surface area contributed by atoms with Gasteiger partial charge in [-0.05, 0) is 87.4 Å². The molecule has 8 N–H and O–H groups in total. The first kappa shape index (κ1) is 40.7. The lowest BCUT2D eigenvalue weighted by molar-refractivity contribution is -0.337. The van der Waals surface area contributed by atoms with E-state index in [-0.39, 0.29) is 29.8 Å². The summed E-state index contributed by atoms with van der Waals surface area (Å²) in [6.45, 7) is 9.70. The molecule has 20 atom stereocenters. The van der Waals surface area contributed by atoms with Gasteiger partial charge >= 0.3 is 5.97 Å². The summed E-state index contributed by atoms with van der Waals surface area (Å²) in [5.41, 5.74) is 2.65. The minimum Gasteiger partial charge on any atom is -0.458 e. The predicted molar refractivity (Wildman–Crippen MR) is 190 cm³/mol. The Morgan fingerprint density at radius 1 is 0.852 bits per heavy atom. The van der Waals surface area contributed by atoms with Crippen LogP contribution in [0.5, 0.6) is 0 Å². The number of fused-ring (bicyclic) bond motifs is 5. The highest BCUT2D eigenvalue weighted by atomic mass is 16.7. The van der Waals surface area contributed by atoms with Crippen molar-refractivity contribution in [3.63, 3.8) is 0 Å². The molecule has 0 spiro atoms. The summed E-state index contributed by atoms with van der Waals surface area (Å²) >= 11 is 0. The maximum absolute atomic E-state index is 12.6. The summed E-state index contributed by atoms with van der Waals surface area (Å²) in [5.74, 6) is 1.72. The van der Waals surface area contributed by atoms with Gasteiger partial charge in [-0.2, -0.15) is 0 Å². The Morgan fingerprint density at radius 3 is 2.20 bits per heavy atom. The molecule has 0 aromatic carbocycles. The molecule has 306 valence electrons. The Bertz CT molecular complexity index is 1450. The maximum Gasteiger partial charge on any atom is 0.333 e. The normalized spacial score (nSPS) is 51.5. The van der Waals surface area contributed by atoms with E-state index in [1.807, 2.05) is 13.8 Å². The third-order valence-corrected chi connectivity index (χ3v) is 15.4. The highest BCUT2D eigenvalue weighted by Crippen LogP contribution is 2.67. The fourth-order valence-electron chi connectivity index (χ4n) is 11.9. The molecule has 14 nitrogen and oxygen atoms in total. The van der Waals surface area contributed by atoms with Crippen molar-refractivity contribution >= 4 is 5.97 Å². The van der Waals surface area contributed by atoms with Crippen LogP contribution in [0, 0.1) is 40.4 Å². The average molecular weight is 767 g/mol. The third-order valence-electron chi connectivity index (χ3n) is 15.4. The Balaban J connectivity index is 1.00. The molecule has 7 rings (SSSR count). The fraction of sp³-hybridized carbons (Fsp3) is 0.875. The molecule has 0 bridgehead atoms. The topological polar surface area (TPSA) is 225 Å². The van der Waals surface area contributed by atoms with Gasteiger partial charge in [0.25, 0.3) is 0 Å². The van der Waals surface area contributed by atoms with Gasteiger partial charge < -0.3 is 64.5 Å². The summed E-state index contributed by atoms with van der Waals surface area (Å²) in [6.07, 6.45) is -7.38. The lowest BCUT2D eigenvalue weighted by Gasteiger charge is -2.60. The van der Waals surface area contributed by atoms with E-state index in [1.54, 1.807) is 0 Å². The number of ether oxygens (including phenoxy) is 5. The smallest absolute Gasteiger partial charge is 0.333 e. The minimum atomic E-state index is -1.67. The fourth-order valence-corrected chi connectivity index (χ4v) is 11.9. The Kier molecular flexibility index (Phi) is 11.5. The van der Waals surface area contributed by atoms with Crippen molar-refractivity contribution in [2.45, 2.75) is 166 Å². The van der Waals surface area contributed by atoms with Crippen LogP contribution in [-0.4, -0.2) is 140 Å². The van der Waals surface area contributed by atoms with E-state index in [0.717, 1.165) is 55.2 Å². The number of carbonyl (C=O) groups is 1. The second-order valence-corrected chi connectivity index (χ2v) is 18.0. The highest BCUT2D eigenvalue weighted by Gasteiger charge is 2.62. The van der Waals surface area contributed by atoms with E-state index in [4.69, 9.17) is 23.7 Å². The van der Waals surface area contributed by atoms with Gasteiger partial charge in [-0.1, -0.05) is 38.0 Å². The van der Waals surface area contributed by atoms with Crippen molar-refractivity contribution in [2.75, 3.05) is 13.2 Å². The van der Waals surface area contributed by atoms with Gasteiger partial charge in [-0.15, -0.1) is 0 Å². The molecule has 3 saturated carbocycles. The maximum atomic E-state index is 12.6. The van der Waals surface area contributed by atoms with Gasteiger partial charge in [0, 0.05) is 23.8 Å². The molecule has 7 aliphatic rings. The summed E-state index contributed by atoms with van der Waals surface area (Å²) in [6, 6.07) is 0. The Hall–Kier alpha value is -1.53. The SMILES string of the molecule is CC1=C(C)C(=O)O[C@@H]([C@@H](C)[C@H]2CC[C@H]3[C@@H]4CC=C5C[C@@H](O[C@@H]6O[C@H](CO[C@@H]7O[C@H](CO)[C@@H](O)[C@H](O)[C@H]7O)[C@@H](O)[C@H](O)[C@H]6O)C[C@H](O)[C@]5(C)[C@H]4CC[C@]23C)C1. The summed E-state index contributed by atoms with van der Waals surface area (Å²) in [5, 5.41) is 84.3. The second kappa shape index (κ2) is 15.3. The number of allylic oxidation sites excluding steroid dienone is 1. The van der Waals surface area contributed by atoms with Crippen molar-refractivity contribution in [2.24, 2.45) is 40.4 Å². The van der Waals surface area contributed by atoms with Crippen LogP contribution in [0.25, 0.3) is 0 Å². The van der Waals surface area contributed by atoms with Crippen LogP contribution in [0.2, 0.25) is 0 Å². The summed E-state index contributed by atoms with van der Waals surface area (Å²) in [4.78, 5) is 12.6. The monoisotopic (exact) mass is 766 g/mol. The van der Waals surface area contributed by atoms with Gasteiger partial charge in [0.05, 0.1) is 25.4 Å². The van der Waals surface area contributed by atoms with Crippen molar-refractivity contribution in [3.05, 3.63) is 22.8 Å². The van der Waals surface area contributed by atoms with Crippen LogP contribution in [-0.2, 0) is 28.5 Å². The van der Waals surface area contributed by atoms with E-state index in [9.17, 15) is 45.6 Å². The van der Waals surface area contributed by atoms with E-state index >= 15 is 0 Å². The number of esters is 1. The van der Waals surface area contributed by atoms with Crippen molar-refractivity contribution in [1.82, 2.24) is 0 Å². The third kappa shape index (κ3) is 6.73. The molecule has 4 aliphatic carbocycles. The zero-order valence-corrected chi connectivity index (χ0v) is 32.1. The highest BCUT2D eigenvalue weighted by molar-refractivity contribution is 5.89. The van der Waals surface area contributed by atoms with Gasteiger partial charge in [-0.3, -0.25) is 0 Å². The number of cyclic esters (lactones) is 1. The van der Waals surface area contributed by atoms with Crippen LogP contribution in [0.3, 0.4) is 0 Å². The average Bonchev–Trinajstić information content (AvgIpc) is 3.50. The molecule has 5 fully saturated rings. The van der Waals surface area contributed by atoms with E-state index in [0.29, 0.717) is 30.1 Å². The predicted octanol–water partition coefficient (Wildman–Crippen LogP) is 0.834. The van der Waals surface area contributed by atoms with E-state index in [2.05, 4.69) is 26.8 Å². The number of aliphatic hydroxyl groups excluding tert-OH is 8. The van der Waals surface area contributed by atoms with Gasteiger partial charge in [-0.25, -0.2) is 4.79 Å². The molecule has 0 amide bonds. The van der Waals surface area contributed by atoms with Gasteiger partial charge in [0.1, 0.15) is 54.9 Å². The van der Waals surface area contributed by atoms with Crippen LogP contribution in [0.1, 0.15) is 86.0 Å². The number of rotatable bonds is 8. The van der Waals surface area contributed by atoms with Crippen molar-refractivity contribution < 1.29 is 69.3 Å². The second-order valence-electron chi connectivity index (χ2n) is 18.0. The Labute approximate surface area is 317 Å². The first-order valence-corrected chi connectivity index (χ1v) is 20.0. The molecule has 0 aromatic heterocycles. The first-order chi connectivity index (χ1) is 25.5. The lowest BCUT2D eigenvalue weighted by Crippen LogP contribution is -2.62.